The second-order valence-electron chi connectivity index (χ2n) is 7.25. The lowest BCUT2D eigenvalue weighted by Gasteiger charge is -2.18. The van der Waals surface area contributed by atoms with Crippen molar-refractivity contribution in [2.75, 3.05) is 18.1 Å². The topological polar surface area (TPSA) is 58.6 Å². The summed E-state index contributed by atoms with van der Waals surface area (Å²) in [5.41, 5.74) is 2.94. The zero-order valence-corrected chi connectivity index (χ0v) is 17.7. The largest absolute Gasteiger partial charge is 0.492 e. The van der Waals surface area contributed by atoms with Gasteiger partial charge in [0.25, 0.3) is 5.91 Å². The number of ether oxygens (including phenoxy) is 1. The first-order chi connectivity index (χ1) is 14.0. The van der Waals surface area contributed by atoms with Crippen LogP contribution in [0.5, 0.6) is 5.75 Å². The second-order valence-corrected chi connectivity index (χ2v) is 7.66. The summed E-state index contributed by atoms with van der Waals surface area (Å²) in [5.74, 6) is 0.330. The van der Waals surface area contributed by atoms with Crippen LogP contribution in [-0.2, 0) is 16.0 Å². The number of nitrogens with zero attached hydrogens (tertiary/aromatic N) is 1. The van der Waals surface area contributed by atoms with Crippen LogP contribution in [-0.4, -0.2) is 25.0 Å². The van der Waals surface area contributed by atoms with E-state index in [1.807, 2.05) is 24.3 Å². The summed E-state index contributed by atoms with van der Waals surface area (Å²) in [7, 11) is 0. The maximum atomic E-state index is 13.0. The minimum atomic E-state index is -0.617. The van der Waals surface area contributed by atoms with Crippen molar-refractivity contribution < 1.29 is 14.3 Å². The monoisotopic (exact) mass is 414 g/mol. The average molecular weight is 415 g/mol. The van der Waals surface area contributed by atoms with E-state index < -0.39 is 6.04 Å². The number of amides is 2. The Kier molecular flexibility index (Phi) is 7.15. The third-order valence-corrected chi connectivity index (χ3v) is 5.31. The molecule has 2 aromatic rings. The molecule has 0 fully saturated rings. The van der Waals surface area contributed by atoms with E-state index in [0.717, 1.165) is 30.5 Å². The molecule has 3 rings (SSSR count). The van der Waals surface area contributed by atoms with Crippen molar-refractivity contribution in [3.63, 3.8) is 0 Å². The van der Waals surface area contributed by atoms with Crippen LogP contribution >= 0.6 is 11.6 Å². The van der Waals surface area contributed by atoms with Crippen molar-refractivity contribution in [2.24, 2.45) is 0 Å². The molecule has 0 saturated heterocycles. The number of aryl methyl sites for hydroxylation is 1. The SMILES string of the molecule is CCCCc1ccc2c(c1)C(NC(C)=O)C(=O)N2CCCOc1ccccc1Cl. The fourth-order valence-corrected chi connectivity index (χ4v) is 3.76. The molecule has 1 aliphatic rings. The number of carbonyl (C=O) groups is 2. The maximum absolute atomic E-state index is 13.0. The Balaban J connectivity index is 1.69. The van der Waals surface area contributed by atoms with Crippen molar-refractivity contribution in [2.45, 2.75) is 45.6 Å². The van der Waals surface area contributed by atoms with Crippen molar-refractivity contribution in [1.29, 1.82) is 0 Å². The summed E-state index contributed by atoms with van der Waals surface area (Å²) in [6.45, 7) is 4.56. The summed E-state index contributed by atoms with van der Waals surface area (Å²) in [5, 5.41) is 3.38. The molecule has 0 saturated carbocycles. The molecular weight excluding hydrogens is 388 g/mol. The predicted octanol–water partition coefficient (Wildman–Crippen LogP) is 4.68. The Morgan fingerprint density at radius 3 is 2.72 bits per heavy atom. The van der Waals surface area contributed by atoms with Crippen molar-refractivity contribution in [1.82, 2.24) is 5.32 Å². The molecule has 0 bridgehead atoms. The first-order valence-electron chi connectivity index (χ1n) is 10.1. The van der Waals surface area contributed by atoms with Gasteiger partial charge < -0.3 is 15.0 Å². The zero-order chi connectivity index (χ0) is 20.8. The van der Waals surface area contributed by atoms with E-state index in [4.69, 9.17) is 16.3 Å². The van der Waals surface area contributed by atoms with Gasteiger partial charge in [-0.3, -0.25) is 9.59 Å². The molecule has 0 radical (unpaired) electrons. The predicted molar refractivity (Wildman–Crippen MR) is 116 cm³/mol. The van der Waals surface area contributed by atoms with Crippen LogP contribution in [0.3, 0.4) is 0 Å². The summed E-state index contributed by atoms with van der Waals surface area (Å²) in [6, 6.07) is 12.8. The molecular formula is C23H27ClN2O3. The number of carbonyl (C=O) groups excluding carboxylic acids is 2. The third kappa shape index (κ3) is 5.10. The molecule has 1 atom stereocenters. The number of halogens is 1. The molecule has 0 aliphatic carbocycles. The van der Waals surface area contributed by atoms with Gasteiger partial charge in [-0.1, -0.05) is 49.2 Å². The van der Waals surface area contributed by atoms with Gasteiger partial charge in [0.15, 0.2) is 0 Å². The number of anilines is 1. The minimum absolute atomic E-state index is 0.0967. The molecule has 5 nitrogen and oxygen atoms in total. The maximum Gasteiger partial charge on any atom is 0.254 e. The molecule has 29 heavy (non-hydrogen) atoms. The van der Waals surface area contributed by atoms with Crippen LogP contribution in [0.1, 0.15) is 50.3 Å². The van der Waals surface area contributed by atoms with Crippen LogP contribution < -0.4 is 15.0 Å². The summed E-state index contributed by atoms with van der Waals surface area (Å²) in [6.07, 6.45) is 3.83. The molecule has 6 heteroatoms. The van der Waals surface area contributed by atoms with E-state index in [2.05, 4.69) is 24.4 Å². The van der Waals surface area contributed by atoms with Gasteiger partial charge in [-0.15, -0.1) is 0 Å². The van der Waals surface area contributed by atoms with Gasteiger partial charge in [0, 0.05) is 24.7 Å². The van der Waals surface area contributed by atoms with Crippen LogP contribution in [0, 0.1) is 0 Å². The number of benzene rings is 2. The first-order valence-corrected chi connectivity index (χ1v) is 10.5. The third-order valence-electron chi connectivity index (χ3n) is 4.99. The highest BCUT2D eigenvalue weighted by Crippen LogP contribution is 2.37. The van der Waals surface area contributed by atoms with E-state index in [1.54, 1.807) is 11.0 Å². The molecule has 2 aromatic carbocycles. The van der Waals surface area contributed by atoms with E-state index >= 15 is 0 Å². The average Bonchev–Trinajstić information content (AvgIpc) is 2.95. The van der Waals surface area contributed by atoms with Crippen molar-refractivity contribution in [3.8, 4) is 5.75 Å². The van der Waals surface area contributed by atoms with Gasteiger partial charge in [0.2, 0.25) is 5.91 Å². The molecule has 0 aromatic heterocycles. The number of hydrogen-bond acceptors (Lipinski definition) is 3. The quantitative estimate of drug-likeness (QED) is 0.606. The standard InChI is InChI=1S/C23H27ClN2O3/c1-3-4-8-17-11-12-20-18(15-17)22(25-16(2)27)23(28)26(20)13-7-14-29-21-10-6-5-9-19(21)24/h5-6,9-12,15,22H,3-4,7-8,13-14H2,1-2H3,(H,25,27). The van der Waals surface area contributed by atoms with E-state index in [0.29, 0.717) is 30.3 Å². The van der Waals surface area contributed by atoms with Gasteiger partial charge in [0.1, 0.15) is 11.8 Å². The Morgan fingerprint density at radius 1 is 1.21 bits per heavy atom. The number of unbranched alkanes of at least 4 members (excludes halogenated alkanes) is 1. The number of fused-ring (bicyclic) bond motifs is 1. The van der Waals surface area contributed by atoms with E-state index in [9.17, 15) is 9.59 Å². The van der Waals surface area contributed by atoms with Gasteiger partial charge in [-0.05, 0) is 43.0 Å². The normalized spacial score (nSPS) is 15.3. The second kappa shape index (κ2) is 9.79. The highest BCUT2D eigenvalue weighted by molar-refractivity contribution is 6.32. The first kappa shape index (κ1) is 21.2. The zero-order valence-electron chi connectivity index (χ0n) is 16.9. The summed E-state index contributed by atoms with van der Waals surface area (Å²) < 4.78 is 5.73. The number of rotatable bonds is 9. The molecule has 2 amide bonds. The van der Waals surface area contributed by atoms with Gasteiger partial charge in [0.05, 0.1) is 11.6 Å². The number of para-hydroxylation sites is 1. The Bertz CT molecular complexity index is 884. The fourth-order valence-electron chi connectivity index (χ4n) is 3.56. The van der Waals surface area contributed by atoms with Crippen LogP contribution in [0.2, 0.25) is 5.02 Å². The number of nitrogens with one attached hydrogen (secondary N) is 1. The molecule has 0 spiro atoms. The van der Waals surface area contributed by atoms with E-state index in [1.165, 1.54) is 12.5 Å². The lowest BCUT2D eigenvalue weighted by atomic mass is 10.0. The summed E-state index contributed by atoms with van der Waals surface area (Å²) in [4.78, 5) is 26.4. The smallest absolute Gasteiger partial charge is 0.254 e. The lowest BCUT2D eigenvalue weighted by molar-refractivity contribution is -0.126. The van der Waals surface area contributed by atoms with Gasteiger partial charge in [-0.2, -0.15) is 0 Å². The Labute approximate surface area is 177 Å². The summed E-state index contributed by atoms with van der Waals surface area (Å²) >= 11 is 6.11. The molecule has 154 valence electrons. The van der Waals surface area contributed by atoms with Crippen molar-refractivity contribution in [3.05, 3.63) is 58.6 Å². The Morgan fingerprint density at radius 2 is 2.00 bits per heavy atom. The molecule has 1 heterocycles. The highest BCUT2D eigenvalue weighted by atomic mass is 35.5. The lowest BCUT2D eigenvalue weighted by Crippen LogP contribution is -2.37. The highest BCUT2D eigenvalue weighted by Gasteiger charge is 2.37. The molecule has 1 N–H and O–H groups in total. The van der Waals surface area contributed by atoms with Crippen LogP contribution in [0.25, 0.3) is 0 Å². The van der Waals surface area contributed by atoms with Gasteiger partial charge in [-0.25, -0.2) is 0 Å². The fraction of sp³-hybridized carbons (Fsp3) is 0.391. The van der Waals surface area contributed by atoms with Crippen LogP contribution in [0.4, 0.5) is 5.69 Å². The Hall–Kier alpha value is -2.53. The molecule has 1 unspecified atom stereocenters. The molecule has 1 aliphatic heterocycles. The number of hydrogen-bond donors (Lipinski definition) is 1. The van der Waals surface area contributed by atoms with Crippen molar-refractivity contribution >= 4 is 29.1 Å². The van der Waals surface area contributed by atoms with E-state index in [-0.39, 0.29) is 11.8 Å². The minimum Gasteiger partial charge on any atom is -0.492 e. The van der Waals surface area contributed by atoms with Crippen LogP contribution in [0.15, 0.2) is 42.5 Å². The van der Waals surface area contributed by atoms with Gasteiger partial charge >= 0.3 is 0 Å².